The number of benzene rings is 3. The second kappa shape index (κ2) is 13.0. The van der Waals surface area contributed by atoms with Crippen molar-refractivity contribution in [3.05, 3.63) is 118 Å². The summed E-state index contributed by atoms with van der Waals surface area (Å²) in [4.78, 5) is 40.8. The summed E-state index contributed by atoms with van der Waals surface area (Å²) in [6.07, 6.45) is 1.41. The molecule has 0 aliphatic carbocycles. The number of ether oxygens (including phenoxy) is 3. The summed E-state index contributed by atoms with van der Waals surface area (Å²) in [7, 11) is 3.15. The molecular weight excluding hydrogens is 542 g/mol. The van der Waals surface area contributed by atoms with E-state index < -0.39 is 42.4 Å². The Labute approximate surface area is 241 Å². The first-order chi connectivity index (χ1) is 20.2. The monoisotopic (exact) mass is 573 g/mol. The minimum absolute atomic E-state index is 0.0333. The van der Waals surface area contributed by atoms with Gasteiger partial charge in [-0.2, -0.15) is 4.98 Å². The molecule has 0 unspecified atom stereocenters. The molecule has 0 saturated heterocycles. The van der Waals surface area contributed by atoms with Gasteiger partial charge in [-0.1, -0.05) is 54.6 Å². The van der Waals surface area contributed by atoms with Gasteiger partial charge in [0.25, 0.3) is 0 Å². The maximum Gasteiger partial charge on any atom is 0.351 e. The van der Waals surface area contributed by atoms with E-state index in [0.717, 1.165) is 21.3 Å². The number of carboxylic acids is 1. The number of hydrogen-bond acceptors (Lipinski definition) is 8. The first-order valence-corrected chi connectivity index (χ1v) is 13.0. The average molecular weight is 574 g/mol. The highest BCUT2D eigenvalue weighted by molar-refractivity contribution is 5.83. The number of methoxy groups -OCH3 is 2. The fourth-order valence-corrected chi connectivity index (χ4v) is 4.53. The van der Waals surface area contributed by atoms with Crippen LogP contribution in [-0.2, 0) is 21.7 Å². The molecule has 11 heteroatoms. The lowest BCUT2D eigenvalue weighted by Gasteiger charge is -2.36. The molecule has 0 aliphatic rings. The molecule has 1 amide bonds. The minimum Gasteiger partial charge on any atom is -0.497 e. The molecule has 0 aliphatic heterocycles. The standard InChI is InChI=1S/C31H31N3O8/c1-20-17-34(18-27(36)32-26(19-35)29(37)38)30(39)33-28(20)42-31(21-7-5-4-6-8-21,22-9-13-24(40-2)14-10-22)23-11-15-25(41-3)16-12-23/h4-17,26,35H,18-19H2,1-3H3,(H,32,36)(H,37,38)/t26-/m0/s1. The number of aromatic nitrogens is 2. The van der Waals surface area contributed by atoms with E-state index >= 15 is 0 Å². The molecule has 0 fully saturated rings. The van der Waals surface area contributed by atoms with Gasteiger partial charge in [0.05, 0.1) is 20.8 Å². The molecule has 4 aromatic rings. The maximum absolute atomic E-state index is 13.1. The van der Waals surface area contributed by atoms with E-state index in [1.54, 1.807) is 21.1 Å². The third kappa shape index (κ3) is 6.26. The Bertz CT molecular complexity index is 1540. The van der Waals surface area contributed by atoms with Gasteiger partial charge in [-0.25, -0.2) is 9.59 Å². The quantitative estimate of drug-likeness (QED) is 0.217. The number of aliphatic hydroxyl groups is 1. The van der Waals surface area contributed by atoms with E-state index in [0.29, 0.717) is 17.1 Å². The number of carbonyl (C=O) groups is 2. The summed E-state index contributed by atoms with van der Waals surface area (Å²) < 4.78 is 18.6. The van der Waals surface area contributed by atoms with Crippen molar-refractivity contribution in [2.45, 2.75) is 25.1 Å². The topological polar surface area (TPSA) is 149 Å². The molecule has 3 N–H and O–H groups in total. The lowest BCUT2D eigenvalue weighted by molar-refractivity contribution is -0.143. The molecule has 42 heavy (non-hydrogen) atoms. The number of rotatable bonds is 12. The molecule has 1 heterocycles. The second-order valence-corrected chi connectivity index (χ2v) is 9.39. The normalized spacial score (nSPS) is 11.8. The molecule has 0 radical (unpaired) electrons. The van der Waals surface area contributed by atoms with Crippen molar-refractivity contribution < 1.29 is 34.0 Å². The smallest absolute Gasteiger partial charge is 0.351 e. The number of nitrogens with zero attached hydrogens (tertiary/aromatic N) is 2. The van der Waals surface area contributed by atoms with E-state index in [-0.39, 0.29) is 5.88 Å². The Kier molecular flexibility index (Phi) is 9.23. The number of aliphatic hydroxyl groups excluding tert-OH is 1. The SMILES string of the molecule is COc1ccc(C(Oc2nc(=O)n(CC(=O)N[C@@H](CO)C(=O)O)cc2C)(c2ccccc2)c2ccc(OC)cc2)cc1. The zero-order valence-electron chi connectivity index (χ0n) is 23.3. The van der Waals surface area contributed by atoms with Crippen LogP contribution in [0.1, 0.15) is 22.3 Å². The van der Waals surface area contributed by atoms with E-state index in [9.17, 15) is 19.5 Å². The summed E-state index contributed by atoms with van der Waals surface area (Å²) in [6, 6.07) is 22.7. The van der Waals surface area contributed by atoms with Crippen LogP contribution in [0.15, 0.2) is 89.9 Å². The van der Waals surface area contributed by atoms with Crippen LogP contribution in [0.4, 0.5) is 0 Å². The summed E-state index contributed by atoms with van der Waals surface area (Å²) >= 11 is 0. The van der Waals surface area contributed by atoms with Crippen LogP contribution >= 0.6 is 0 Å². The number of nitrogens with one attached hydrogen (secondary N) is 1. The van der Waals surface area contributed by atoms with Gasteiger partial charge in [0.1, 0.15) is 24.1 Å². The second-order valence-electron chi connectivity index (χ2n) is 9.39. The third-order valence-corrected chi connectivity index (χ3v) is 6.68. The van der Waals surface area contributed by atoms with Gasteiger partial charge in [-0.3, -0.25) is 9.36 Å². The molecule has 3 aromatic carbocycles. The first-order valence-electron chi connectivity index (χ1n) is 13.0. The highest BCUT2D eigenvalue weighted by atomic mass is 16.5. The van der Waals surface area contributed by atoms with Crippen LogP contribution in [0.25, 0.3) is 0 Å². The Morgan fingerprint density at radius 1 is 0.905 bits per heavy atom. The van der Waals surface area contributed by atoms with Gasteiger partial charge in [-0.05, 0) is 31.2 Å². The maximum atomic E-state index is 13.1. The Morgan fingerprint density at radius 3 is 1.90 bits per heavy atom. The Hall–Kier alpha value is -5.16. The van der Waals surface area contributed by atoms with E-state index in [1.807, 2.05) is 78.9 Å². The van der Waals surface area contributed by atoms with E-state index in [2.05, 4.69) is 10.3 Å². The van der Waals surface area contributed by atoms with Crippen molar-refractivity contribution in [1.29, 1.82) is 0 Å². The van der Waals surface area contributed by atoms with Crippen molar-refractivity contribution in [3.8, 4) is 17.4 Å². The van der Waals surface area contributed by atoms with Crippen molar-refractivity contribution in [1.82, 2.24) is 14.9 Å². The molecule has 1 aromatic heterocycles. The van der Waals surface area contributed by atoms with Crippen LogP contribution in [0.3, 0.4) is 0 Å². The van der Waals surface area contributed by atoms with Crippen LogP contribution in [0, 0.1) is 6.92 Å². The first kappa shape index (κ1) is 29.8. The van der Waals surface area contributed by atoms with Crippen LogP contribution in [0.5, 0.6) is 17.4 Å². The van der Waals surface area contributed by atoms with Gasteiger partial charge < -0.3 is 29.7 Å². The predicted molar refractivity (Wildman–Crippen MR) is 153 cm³/mol. The summed E-state index contributed by atoms with van der Waals surface area (Å²) in [5.74, 6) is -0.839. The number of amides is 1. The molecule has 0 spiro atoms. The van der Waals surface area contributed by atoms with Crippen molar-refractivity contribution in [3.63, 3.8) is 0 Å². The van der Waals surface area contributed by atoms with Gasteiger partial charge in [0, 0.05) is 28.5 Å². The third-order valence-electron chi connectivity index (χ3n) is 6.68. The van der Waals surface area contributed by atoms with Crippen molar-refractivity contribution in [2.75, 3.05) is 20.8 Å². The van der Waals surface area contributed by atoms with Crippen molar-refractivity contribution >= 4 is 11.9 Å². The Morgan fingerprint density at radius 2 is 1.43 bits per heavy atom. The molecule has 0 saturated carbocycles. The zero-order chi connectivity index (χ0) is 30.3. The van der Waals surface area contributed by atoms with Gasteiger partial charge >= 0.3 is 11.7 Å². The number of carboxylic acid groups (broad SMARTS) is 1. The molecule has 218 valence electrons. The molecular formula is C31H31N3O8. The highest BCUT2D eigenvalue weighted by Crippen LogP contribution is 2.42. The van der Waals surface area contributed by atoms with Gasteiger partial charge in [-0.15, -0.1) is 0 Å². The number of aryl methyl sites for hydroxylation is 1. The molecule has 4 rings (SSSR count). The van der Waals surface area contributed by atoms with Crippen LogP contribution in [-0.4, -0.2) is 58.5 Å². The zero-order valence-corrected chi connectivity index (χ0v) is 23.3. The number of carbonyl (C=O) groups excluding carboxylic acids is 1. The minimum atomic E-state index is -1.50. The average Bonchev–Trinajstić information content (AvgIpc) is 3.01. The fourth-order valence-electron chi connectivity index (χ4n) is 4.53. The molecule has 1 atom stereocenters. The lowest BCUT2D eigenvalue weighted by atomic mass is 9.80. The summed E-state index contributed by atoms with van der Waals surface area (Å²) in [5.41, 5.74) is 0.605. The largest absolute Gasteiger partial charge is 0.497 e. The molecule has 11 nitrogen and oxygen atoms in total. The van der Waals surface area contributed by atoms with Crippen LogP contribution in [0.2, 0.25) is 0 Å². The van der Waals surface area contributed by atoms with E-state index in [1.165, 1.54) is 6.20 Å². The highest BCUT2D eigenvalue weighted by Gasteiger charge is 2.40. The Balaban J connectivity index is 1.83. The summed E-state index contributed by atoms with van der Waals surface area (Å²) in [5, 5.41) is 20.4. The summed E-state index contributed by atoms with van der Waals surface area (Å²) in [6.45, 7) is 0.386. The number of aliphatic carboxylic acids is 1. The van der Waals surface area contributed by atoms with Crippen molar-refractivity contribution in [2.24, 2.45) is 0 Å². The van der Waals surface area contributed by atoms with Gasteiger partial charge in [0.2, 0.25) is 11.8 Å². The fraction of sp³-hybridized carbons (Fsp3) is 0.226. The predicted octanol–water partition coefficient (Wildman–Crippen LogP) is 2.50. The molecule has 0 bridgehead atoms. The van der Waals surface area contributed by atoms with Gasteiger partial charge in [0.15, 0.2) is 5.60 Å². The van der Waals surface area contributed by atoms with Crippen LogP contribution < -0.4 is 25.2 Å². The number of hydrogen-bond donors (Lipinski definition) is 3. The van der Waals surface area contributed by atoms with E-state index in [4.69, 9.17) is 19.3 Å². The lowest BCUT2D eigenvalue weighted by Crippen LogP contribution is -2.45.